The summed E-state index contributed by atoms with van der Waals surface area (Å²) in [6.45, 7) is 1.34. The Kier molecular flexibility index (Phi) is 4.82. The third-order valence-corrected chi connectivity index (χ3v) is 4.80. The van der Waals surface area contributed by atoms with E-state index in [0.717, 1.165) is 11.1 Å². The second-order valence-electron chi connectivity index (χ2n) is 5.99. The number of fused-ring (bicyclic) bond motifs is 1. The lowest BCUT2D eigenvalue weighted by Gasteiger charge is -2.01. The molecular formula is C21H15N3O3S. The second kappa shape index (κ2) is 7.58. The van der Waals surface area contributed by atoms with Gasteiger partial charge in [-0.15, -0.1) is 5.10 Å². The normalized spacial score (nSPS) is 12.1. The Bertz CT molecular complexity index is 1290. The summed E-state index contributed by atoms with van der Waals surface area (Å²) >= 11 is 1.26. The van der Waals surface area contributed by atoms with Gasteiger partial charge in [0.2, 0.25) is 4.96 Å². The van der Waals surface area contributed by atoms with Gasteiger partial charge in [0.05, 0.1) is 4.53 Å². The van der Waals surface area contributed by atoms with E-state index in [2.05, 4.69) is 10.1 Å². The first kappa shape index (κ1) is 17.8. The molecule has 2 heterocycles. The van der Waals surface area contributed by atoms with Crippen molar-refractivity contribution in [2.45, 2.75) is 6.92 Å². The molecule has 28 heavy (non-hydrogen) atoms. The Morgan fingerprint density at radius 1 is 1.07 bits per heavy atom. The Hall–Kier alpha value is -3.58. The molecule has 0 bridgehead atoms. The van der Waals surface area contributed by atoms with E-state index in [0.29, 0.717) is 21.1 Å². The van der Waals surface area contributed by atoms with E-state index in [1.54, 1.807) is 30.4 Å². The zero-order chi connectivity index (χ0) is 19.5. The average molecular weight is 389 g/mol. The van der Waals surface area contributed by atoms with Crippen molar-refractivity contribution in [1.29, 1.82) is 0 Å². The fourth-order valence-electron chi connectivity index (χ4n) is 2.64. The standard InChI is InChI=1S/C21H15N3O3S/c1-14(25)27-17-9-5-8-16(12-17)13-18-20(26)24-21(28-18)22-19(23-24)11-10-15-6-3-2-4-7-15/h2-13H,1H3/b11-10+,18-13+. The highest BCUT2D eigenvalue weighted by Gasteiger charge is 2.09. The average Bonchev–Trinajstić information content (AvgIpc) is 3.20. The molecule has 4 rings (SSSR count). The fourth-order valence-corrected chi connectivity index (χ4v) is 3.55. The van der Waals surface area contributed by atoms with E-state index in [4.69, 9.17) is 4.74 Å². The fraction of sp³-hybridized carbons (Fsp3) is 0.0476. The summed E-state index contributed by atoms with van der Waals surface area (Å²) in [4.78, 5) is 28.6. The third-order valence-electron chi connectivity index (χ3n) is 3.84. The van der Waals surface area contributed by atoms with Crippen LogP contribution in [0.3, 0.4) is 0 Å². The predicted octanol–water partition coefficient (Wildman–Crippen LogP) is 2.79. The molecule has 2 aromatic carbocycles. The van der Waals surface area contributed by atoms with Gasteiger partial charge in [-0.2, -0.15) is 9.50 Å². The molecule has 0 amide bonds. The third kappa shape index (κ3) is 3.89. The lowest BCUT2D eigenvalue weighted by Crippen LogP contribution is -2.23. The molecule has 0 saturated heterocycles. The van der Waals surface area contributed by atoms with E-state index in [9.17, 15) is 9.59 Å². The van der Waals surface area contributed by atoms with Gasteiger partial charge in [0.25, 0.3) is 5.56 Å². The molecule has 0 aliphatic rings. The zero-order valence-corrected chi connectivity index (χ0v) is 15.7. The van der Waals surface area contributed by atoms with Crippen LogP contribution in [0.5, 0.6) is 5.75 Å². The van der Waals surface area contributed by atoms with Gasteiger partial charge < -0.3 is 4.74 Å². The monoisotopic (exact) mass is 389 g/mol. The largest absolute Gasteiger partial charge is 0.427 e. The Labute approximate surface area is 164 Å². The molecule has 7 heteroatoms. The summed E-state index contributed by atoms with van der Waals surface area (Å²) in [5.74, 6) is 0.522. The van der Waals surface area contributed by atoms with Crippen molar-refractivity contribution in [1.82, 2.24) is 14.6 Å². The van der Waals surface area contributed by atoms with Gasteiger partial charge in [-0.1, -0.05) is 59.9 Å². The summed E-state index contributed by atoms with van der Waals surface area (Å²) in [5.41, 5.74) is 1.55. The van der Waals surface area contributed by atoms with Gasteiger partial charge in [-0.3, -0.25) is 9.59 Å². The first-order valence-electron chi connectivity index (χ1n) is 8.51. The highest BCUT2D eigenvalue weighted by atomic mass is 32.1. The zero-order valence-electron chi connectivity index (χ0n) is 14.9. The minimum Gasteiger partial charge on any atom is -0.427 e. The molecule has 6 nitrogen and oxygen atoms in total. The smallest absolute Gasteiger partial charge is 0.308 e. The number of nitrogens with zero attached hydrogens (tertiary/aromatic N) is 3. The van der Waals surface area contributed by atoms with Crippen LogP contribution in [-0.2, 0) is 4.79 Å². The summed E-state index contributed by atoms with van der Waals surface area (Å²) in [7, 11) is 0. The Morgan fingerprint density at radius 3 is 2.61 bits per heavy atom. The number of hydrogen-bond acceptors (Lipinski definition) is 6. The quantitative estimate of drug-likeness (QED) is 0.396. The Morgan fingerprint density at radius 2 is 1.86 bits per heavy atom. The number of benzene rings is 2. The molecule has 4 aromatic rings. The topological polar surface area (TPSA) is 73.6 Å². The number of aromatic nitrogens is 3. The highest BCUT2D eigenvalue weighted by Crippen LogP contribution is 2.14. The van der Waals surface area contributed by atoms with Gasteiger partial charge in [0, 0.05) is 6.92 Å². The van der Waals surface area contributed by atoms with Crippen LogP contribution in [0.2, 0.25) is 0 Å². The maximum absolute atomic E-state index is 12.6. The van der Waals surface area contributed by atoms with E-state index in [1.165, 1.54) is 22.8 Å². The van der Waals surface area contributed by atoms with Crippen molar-refractivity contribution in [2.75, 3.05) is 0 Å². The number of thiazole rings is 1. The molecule has 0 atom stereocenters. The molecule has 0 fully saturated rings. The number of esters is 1. The number of carbonyl (C=O) groups is 1. The van der Waals surface area contributed by atoms with Crippen LogP contribution in [-0.4, -0.2) is 20.6 Å². The van der Waals surface area contributed by atoms with Crippen LogP contribution in [0.4, 0.5) is 0 Å². The van der Waals surface area contributed by atoms with Crippen molar-refractivity contribution < 1.29 is 9.53 Å². The molecule has 0 aliphatic carbocycles. The number of rotatable bonds is 4. The van der Waals surface area contributed by atoms with E-state index >= 15 is 0 Å². The minimum atomic E-state index is -0.392. The van der Waals surface area contributed by atoms with E-state index in [1.807, 2.05) is 42.5 Å². The number of hydrogen-bond donors (Lipinski definition) is 0. The lowest BCUT2D eigenvalue weighted by atomic mass is 10.2. The predicted molar refractivity (Wildman–Crippen MR) is 109 cm³/mol. The molecule has 2 aromatic heterocycles. The molecule has 0 radical (unpaired) electrons. The van der Waals surface area contributed by atoms with Crippen LogP contribution in [0, 0.1) is 0 Å². The summed E-state index contributed by atoms with van der Waals surface area (Å²) < 4.78 is 6.89. The Balaban J connectivity index is 1.65. The maximum Gasteiger partial charge on any atom is 0.308 e. The van der Waals surface area contributed by atoms with E-state index in [-0.39, 0.29) is 5.56 Å². The van der Waals surface area contributed by atoms with E-state index < -0.39 is 5.97 Å². The maximum atomic E-state index is 12.6. The second-order valence-corrected chi connectivity index (χ2v) is 7.00. The minimum absolute atomic E-state index is 0.232. The summed E-state index contributed by atoms with van der Waals surface area (Å²) in [6, 6.07) is 16.8. The molecule has 0 aliphatic heterocycles. The van der Waals surface area contributed by atoms with Crippen LogP contribution in [0.15, 0.2) is 59.4 Å². The van der Waals surface area contributed by atoms with Crippen LogP contribution in [0.25, 0.3) is 23.2 Å². The molecule has 0 unspecified atom stereocenters. The van der Waals surface area contributed by atoms with Crippen molar-refractivity contribution in [3.63, 3.8) is 0 Å². The number of ether oxygens (including phenoxy) is 1. The number of carbonyl (C=O) groups excluding carboxylic acids is 1. The van der Waals surface area contributed by atoms with Gasteiger partial charge >= 0.3 is 5.97 Å². The SMILES string of the molecule is CC(=O)Oc1cccc(/C=c2/sc3nc(/C=C/c4ccccc4)nn3c2=O)c1. The van der Waals surface area contributed by atoms with Crippen LogP contribution >= 0.6 is 11.3 Å². The molecule has 138 valence electrons. The van der Waals surface area contributed by atoms with Gasteiger partial charge in [0.1, 0.15) is 5.75 Å². The van der Waals surface area contributed by atoms with Crippen molar-refractivity contribution >= 4 is 40.5 Å². The van der Waals surface area contributed by atoms with Crippen LogP contribution < -0.4 is 14.8 Å². The first-order valence-corrected chi connectivity index (χ1v) is 9.33. The van der Waals surface area contributed by atoms with Gasteiger partial charge in [-0.05, 0) is 35.4 Å². The van der Waals surface area contributed by atoms with Gasteiger partial charge in [0.15, 0.2) is 5.82 Å². The first-order chi connectivity index (χ1) is 13.6. The van der Waals surface area contributed by atoms with Crippen molar-refractivity contribution in [3.8, 4) is 5.75 Å². The van der Waals surface area contributed by atoms with Crippen molar-refractivity contribution in [3.05, 3.63) is 86.4 Å². The molecule has 0 saturated carbocycles. The van der Waals surface area contributed by atoms with Crippen molar-refractivity contribution in [2.24, 2.45) is 0 Å². The summed E-state index contributed by atoms with van der Waals surface area (Å²) in [6.07, 6.45) is 5.41. The molecule has 0 spiro atoms. The molecule has 0 N–H and O–H groups in total. The van der Waals surface area contributed by atoms with Crippen LogP contribution in [0.1, 0.15) is 23.9 Å². The lowest BCUT2D eigenvalue weighted by molar-refractivity contribution is -0.131. The highest BCUT2D eigenvalue weighted by molar-refractivity contribution is 7.15. The van der Waals surface area contributed by atoms with Gasteiger partial charge in [-0.25, -0.2) is 0 Å². The summed E-state index contributed by atoms with van der Waals surface area (Å²) in [5, 5.41) is 4.27. The molecular weight excluding hydrogens is 374 g/mol.